The molecule has 0 spiro atoms. The van der Waals surface area contributed by atoms with Gasteiger partial charge in [-0.15, -0.1) is 0 Å². The molecule has 4 heteroatoms. The highest BCUT2D eigenvalue weighted by Crippen LogP contribution is 2.29. The summed E-state index contributed by atoms with van der Waals surface area (Å²) in [6.45, 7) is 0. The lowest BCUT2D eigenvalue weighted by Crippen LogP contribution is -1.89. The molecule has 0 radical (unpaired) electrons. The van der Waals surface area contributed by atoms with Gasteiger partial charge in [0.1, 0.15) is 5.82 Å². The highest BCUT2D eigenvalue weighted by atomic mass is 35.5. The van der Waals surface area contributed by atoms with Crippen LogP contribution >= 0.6 is 23.2 Å². The number of rotatable bonds is 1. The molecule has 0 unspecified atom stereocenters. The number of halogens is 3. The lowest BCUT2D eigenvalue weighted by atomic mass is 10.0. The molecule has 0 aliphatic heterocycles. The Morgan fingerprint density at radius 1 is 1.00 bits per heavy atom. The summed E-state index contributed by atoms with van der Waals surface area (Å²) in [6, 6.07) is 9.49. The third-order valence-electron chi connectivity index (χ3n) is 2.24. The Balaban J connectivity index is 2.54. The van der Waals surface area contributed by atoms with Gasteiger partial charge < -0.3 is 5.73 Å². The summed E-state index contributed by atoms with van der Waals surface area (Å²) in [5.74, 6) is -0.380. The van der Waals surface area contributed by atoms with E-state index in [1.165, 1.54) is 6.07 Å². The lowest BCUT2D eigenvalue weighted by molar-refractivity contribution is 0.631. The minimum atomic E-state index is -0.380. The van der Waals surface area contributed by atoms with Gasteiger partial charge in [-0.3, -0.25) is 0 Å². The van der Waals surface area contributed by atoms with Gasteiger partial charge in [-0.05, 0) is 35.9 Å². The topological polar surface area (TPSA) is 26.0 Å². The molecule has 0 atom stereocenters. The fraction of sp³-hybridized carbons (Fsp3) is 0. The highest BCUT2D eigenvalue weighted by Gasteiger charge is 2.07. The first-order valence-electron chi connectivity index (χ1n) is 4.58. The first-order chi connectivity index (χ1) is 7.58. The first-order valence-corrected chi connectivity index (χ1v) is 5.34. The van der Waals surface area contributed by atoms with Gasteiger partial charge in [-0.25, -0.2) is 4.39 Å². The zero-order chi connectivity index (χ0) is 11.7. The molecule has 0 heterocycles. The average molecular weight is 256 g/mol. The molecule has 0 amide bonds. The molecule has 0 bridgehead atoms. The van der Waals surface area contributed by atoms with E-state index in [4.69, 9.17) is 28.9 Å². The molecule has 82 valence electrons. The van der Waals surface area contributed by atoms with E-state index in [-0.39, 0.29) is 5.82 Å². The maximum absolute atomic E-state index is 13.6. The van der Waals surface area contributed by atoms with E-state index in [1.54, 1.807) is 30.3 Å². The second-order valence-electron chi connectivity index (χ2n) is 3.36. The SMILES string of the molecule is Nc1cc(-c2ccc(Cl)cc2F)ccc1Cl. The van der Waals surface area contributed by atoms with Crippen LogP contribution in [0.2, 0.25) is 10.0 Å². The van der Waals surface area contributed by atoms with Crippen molar-refractivity contribution in [1.82, 2.24) is 0 Å². The second kappa shape index (κ2) is 4.32. The van der Waals surface area contributed by atoms with Crippen LogP contribution in [0.1, 0.15) is 0 Å². The van der Waals surface area contributed by atoms with Crippen LogP contribution in [0.3, 0.4) is 0 Å². The number of benzene rings is 2. The van der Waals surface area contributed by atoms with Gasteiger partial charge in [-0.1, -0.05) is 29.3 Å². The summed E-state index contributed by atoms with van der Waals surface area (Å²) in [5.41, 5.74) is 7.21. The molecule has 0 aliphatic rings. The Kier molecular flexibility index (Phi) is 3.03. The van der Waals surface area contributed by atoms with Crippen molar-refractivity contribution in [3.63, 3.8) is 0 Å². The van der Waals surface area contributed by atoms with Crippen LogP contribution in [0, 0.1) is 5.82 Å². The van der Waals surface area contributed by atoms with Crippen molar-refractivity contribution >= 4 is 28.9 Å². The Hall–Kier alpha value is -1.25. The van der Waals surface area contributed by atoms with E-state index >= 15 is 0 Å². The standard InChI is InChI=1S/C12H8Cl2FN/c13-8-2-3-9(11(15)6-8)7-1-4-10(14)12(16)5-7/h1-6H,16H2. The van der Waals surface area contributed by atoms with Gasteiger partial charge in [0.25, 0.3) is 0 Å². The van der Waals surface area contributed by atoms with E-state index in [1.807, 2.05) is 0 Å². The van der Waals surface area contributed by atoms with Crippen molar-refractivity contribution < 1.29 is 4.39 Å². The first kappa shape index (κ1) is 11.2. The summed E-state index contributed by atoms with van der Waals surface area (Å²) in [7, 11) is 0. The van der Waals surface area contributed by atoms with Crippen LogP contribution in [0.25, 0.3) is 11.1 Å². The van der Waals surface area contributed by atoms with Crippen LogP contribution in [-0.2, 0) is 0 Å². The summed E-state index contributed by atoms with van der Waals surface area (Å²) in [6.07, 6.45) is 0. The minimum Gasteiger partial charge on any atom is -0.398 e. The maximum atomic E-state index is 13.6. The van der Waals surface area contributed by atoms with E-state index in [0.29, 0.717) is 26.9 Å². The van der Waals surface area contributed by atoms with Crippen molar-refractivity contribution in [2.75, 3.05) is 5.73 Å². The summed E-state index contributed by atoms with van der Waals surface area (Å²) in [5, 5.41) is 0.821. The predicted molar refractivity (Wildman–Crippen MR) is 66.3 cm³/mol. The zero-order valence-corrected chi connectivity index (χ0v) is 9.69. The van der Waals surface area contributed by atoms with E-state index < -0.39 is 0 Å². The Morgan fingerprint density at radius 3 is 2.38 bits per heavy atom. The Morgan fingerprint density at radius 2 is 1.75 bits per heavy atom. The molecule has 2 aromatic rings. The van der Waals surface area contributed by atoms with E-state index in [2.05, 4.69) is 0 Å². The van der Waals surface area contributed by atoms with E-state index in [9.17, 15) is 4.39 Å². The zero-order valence-electron chi connectivity index (χ0n) is 8.18. The lowest BCUT2D eigenvalue weighted by Gasteiger charge is -2.06. The smallest absolute Gasteiger partial charge is 0.132 e. The minimum absolute atomic E-state index is 0.364. The molecule has 0 saturated heterocycles. The van der Waals surface area contributed by atoms with Crippen LogP contribution < -0.4 is 5.73 Å². The van der Waals surface area contributed by atoms with Gasteiger partial charge in [0.05, 0.1) is 10.7 Å². The van der Waals surface area contributed by atoms with Gasteiger partial charge in [0, 0.05) is 10.6 Å². The molecular weight excluding hydrogens is 248 g/mol. The van der Waals surface area contributed by atoms with Gasteiger partial charge in [0.2, 0.25) is 0 Å². The van der Waals surface area contributed by atoms with Crippen LogP contribution in [-0.4, -0.2) is 0 Å². The molecule has 0 aromatic heterocycles. The fourth-order valence-corrected chi connectivity index (χ4v) is 1.71. The summed E-state index contributed by atoms with van der Waals surface area (Å²) in [4.78, 5) is 0. The molecule has 0 fully saturated rings. The van der Waals surface area contributed by atoms with E-state index in [0.717, 1.165) is 0 Å². The third-order valence-corrected chi connectivity index (χ3v) is 2.82. The molecule has 2 rings (SSSR count). The number of hydrogen-bond acceptors (Lipinski definition) is 1. The molecule has 2 N–H and O–H groups in total. The largest absolute Gasteiger partial charge is 0.398 e. The molecule has 16 heavy (non-hydrogen) atoms. The Bertz CT molecular complexity index is 541. The molecule has 1 nitrogen and oxygen atoms in total. The molecular formula is C12H8Cl2FN. The number of hydrogen-bond donors (Lipinski definition) is 1. The maximum Gasteiger partial charge on any atom is 0.132 e. The number of nitrogens with two attached hydrogens (primary N) is 1. The van der Waals surface area contributed by atoms with Crippen molar-refractivity contribution in [3.8, 4) is 11.1 Å². The molecule has 2 aromatic carbocycles. The Labute approximate surface area is 103 Å². The average Bonchev–Trinajstić information content (AvgIpc) is 2.22. The van der Waals surface area contributed by atoms with Gasteiger partial charge in [-0.2, -0.15) is 0 Å². The predicted octanol–water partition coefficient (Wildman–Crippen LogP) is 4.38. The number of nitrogen functional groups attached to an aromatic ring is 1. The fourth-order valence-electron chi connectivity index (χ4n) is 1.43. The van der Waals surface area contributed by atoms with Gasteiger partial charge >= 0.3 is 0 Å². The molecule has 0 aliphatic carbocycles. The van der Waals surface area contributed by atoms with Crippen molar-refractivity contribution in [2.24, 2.45) is 0 Å². The molecule has 0 saturated carbocycles. The monoisotopic (exact) mass is 255 g/mol. The van der Waals surface area contributed by atoms with Crippen molar-refractivity contribution in [3.05, 3.63) is 52.3 Å². The van der Waals surface area contributed by atoms with Crippen molar-refractivity contribution in [1.29, 1.82) is 0 Å². The quantitative estimate of drug-likeness (QED) is 0.752. The number of anilines is 1. The third kappa shape index (κ3) is 2.13. The van der Waals surface area contributed by atoms with Crippen LogP contribution in [0.4, 0.5) is 10.1 Å². The highest BCUT2D eigenvalue weighted by molar-refractivity contribution is 6.33. The second-order valence-corrected chi connectivity index (χ2v) is 4.20. The van der Waals surface area contributed by atoms with Gasteiger partial charge in [0.15, 0.2) is 0 Å². The van der Waals surface area contributed by atoms with Crippen LogP contribution in [0.5, 0.6) is 0 Å². The summed E-state index contributed by atoms with van der Waals surface area (Å²) >= 11 is 11.5. The normalized spacial score (nSPS) is 10.4. The van der Waals surface area contributed by atoms with Crippen molar-refractivity contribution in [2.45, 2.75) is 0 Å². The summed E-state index contributed by atoms with van der Waals surface area (Å²) < 4.78 is 13.6. The van der Waals surface area contributed by atoms with Crippen LogP contribution in [0.15, 0.2) is 36.4 Å².